The van der Waals surface area contributed by atoms with E-state index in [-0.39, 0.29) is 16.9 Å². The van der Waals surface area contributed by atoms with Gasteiger partial charge in [-0.25, -0.2) is 4.79 Å². The number of unbranched alkanes of at least 4 members (excludes halogenated alkanes) is 1. The maximum atomic E-state index is 12.7. The van der Waals surface area contributed by atoms with Gasteiger partial charge in [0.05, 0.1) is 22.9 Å². The monoisotopic (exact) mass is 556 g/mol. The number of nitrogens with zero attached hydrogens (tertiary/aromatic N) is 1. The zero-order valence-corrected chi connectivity index (χ0v) is 24.9. The molecule has 0 saturated heterocycles. The van der Waals surface area contributed by atoms with Crippen LogP contribution in [0, 0.1) is 5.41 Å². The van der Waals surface area contributed by atoms with E-state index in [1.54, 1.807) is 11.8 Å². The number of nitrogens with one attached hydrogen (secondary N) is 1. The van der Waals surface area contributed by atoms with Gasteiger partial charge in [-0.3, -0.25) is 4.79 Å². The Balaban J connectivity index is 2.06. The zero-order chi connectivity index (χ0) is 27.9. The highest BCUT2D eigenvalue weighted by atomic mass is 32.2. The second kappa shape index (κ2) is 13.0. The molecule has 1 aliphatic rings. The number of anilines is 2. The van der Waals surface area contributed by atoms with Gasteiger partial charge in [-0.05, 0) is 81.7 Å². The fourth-order valence-corrected chi connectivity index (χ4v) is 6.45. The van der Waals surface area contributed by atoms with Crippen molar-refractivity contribution in [3.8, 4) is 5.75 Å². The van der Waals surface area contributed by atoms with Crippen LogP contribution in [0.4, 0.5) is 11.4 Å². The van der Waals surface area contributed by atoms with E-state index < -0.39 is 5.97 Å². The summed E-state index contributed by atoms with van der Waals surface area (Å²) in [6.07, 6.45) is 8.75. The average molecular weight is 557 g/mol. The highest BCUT2D eigenvalue weighted by molar-refractivity contribution is 7.99. The van der Waals surface area contributed by atoms with Crippen molar-refractivity contribution in [3.63, 3.8) is 0 Å². The molecule has 0 fully saturated rings. The summed E-state index contributed by atoms with van der Waals surface area (Å²) < 4.78 is 5.75. The fraction of sp³-hybridized carbons (Fsp3) is 0.467. The van der Waals surface area contributed by atoms with Crippen molar-refractivity contribution in [1.29, 1.82) is 0 Å². The Hall–Kier alpha value is -2.58. The van der Waals surface area contributed by atoms with Crippen molar-refractivity contribution in [2.75, 3.05) is 23.5 Å². The Labute approximate surface area is 235 Å². The number of thioether (sulfide) groups is 2. The lowest BCUT2D eigenvalue weighted by atomic mass is 9.81. The molecule has 1 atom stereocenters. The van der Waals surface area contributed by atoms with Gasteiger partial charge in [0.15, 0.2) is 0 Å². The van der Waals surface area contributed by atoms with Crippen LogP contribution in [0.5, 0.6) is 5.75 Å². The maximum Gasteiger partial charge on any atom is 0.331 e. The molecule has 1 heterocycles. The third kappa shape index (κ3) is 7.73. The van der Waals surface area contributed by atoms with E-state index in [2.05, 4.69) is 30.1 Å². The van der Waals surface area contributed by atoms with Gasteiger partial charge in [0, 0.05) is 34.0 Å². The number of amides is 1. The predicted molar refractivity (Wildman–Crippen MR) is 159 cm³/mol. The molecule has 206 valence electrons. The van der Waals surface area contributed by atoms with Crippen LogP contribution in [-0.2, 0) is 4.79 Å². The summed E-state index contributed by atoms with van der Waals surface area (Å²) in [4.78, 5) is 28.1. The van der Waals surface area contributed by atoms with Crippen molar-refractivity contribution < 1.29 is 19.4 Å². The lowest BCUT2D eigenvalue weighted by Crippen LogP contribution is -2.40. The molecule has 38 heavy (non-hydrogen) atoms. The van der Waals surface area contributed by atoms with Gasteiger partial charge in [-0.2, -0.15) is 0 Å². The smallest absolute Gasteiger partial charge is 0.331 e. The first-order valence-corrected chi connectivity index (χ1v) is 15.3. The summed E-state index contributed by atoms with van der Waals surface area (Å²) in [5.41, 5.74) is 2.62. The number of carboxylic acids is 1. The van der Waals surface area contributed by atoms with Gasteiger partial charge >= 0.3 is 5.97 Å². The molecule has 2 aromatic carbocycles. The maximum absolute atomic E-state index is 12.7. The first-order valence-electron chi connectivity index (χ1n) is 13.1. The lowest BCUT2D eigenvalue weighted by molar-refractivity contribution is -0.131. The first kappa shape index (κ1) is 30.0. The Morgan fingerprint density at radius 1 is 1.21 bits per heavy atom. The molecule has 1 unspecified atom stereocenters. The minimum atomic E-state index is -1.05. The number of benzene rings is 2. The van der Waals surface area contributed by atoms with E-state index in [1.807, 2.05) is 69.1 Å². The third-order valence-corrected chi connectivity index (χ3v) is 8.86. The van der Waals surface area contributed by atoms with Crippen LogP contribution in [0.2, 0.25) is 0 Å². The minimum Gasteiger partial charge on any atom is -0.478 e. The Bertz CT molecular complexity index is 1160. The van der Waals surface area contributed by atoms with Crippen molar-refractivity contribution >= 4 is 46.8 Å². The second-order valence-corrected chi connectivity index (χ2v) is 12.7. The number of fused-ring (bicyclic) bond motifs is 1. The average Bonchev–Trinajstić information content (AvgIpc) is 3.03. The van der Waals surface area contributed by atoms with Crippen LogP contribution in [0.15, 0.2) is 58.5 Å². The summed E-state index contributed by atoms with van der Waals surface area (Å²) in [6.45, 7) is 11.3. The number of carbonyl (C=O) groups is 2. The van der Waals surface area contributed by atoms with Crippen LogP contribution < -0.4 is 15.0 Å². The Morgan fingerprint density at radius 2 is 1.92 bits per heavy atom. The summed E-state index contributed by atoms with van der Waals surface area (Å²) in [5, 5.41) is 12.0. The molecular formula is C30H40N2O4S2. The number of carbonyl (C=O) groups excluding carboxylic acids is 1. The summed E-state index contributed by atoms with van der Waals surface area (Å²) in [6, 6.07) is 12.0. The molecule has 6 nitrogen and oxygen atoms in total. The molecule has 1 amide bonds. The number of hydrogen-bond donors (Lipinski definition) is 2. The SMILES string of the molecule is CCCCC1(CC)CSc2cc(O/C=C/C(=O)O)c(SC)cc2N(c2ccc(C(=O)NC(C)(C)C)cc2)C1. The van der Waals surface area contributed by atoms with Gasteiger partial charge < -0.3 is 20.1 Å². The molecule has 3 rings (SSSR count). The topological polar surface area (TPSA) is 78.9 Å². The van der Waals surface area contributed by atoms with E-state index in [0.29, 0.717) is 11.3 Å². The largest absolute Gasteiger partial charge is 0.478 e. The number of rotatable bonds is 10. The van der Waals surface area contributed by atoms with Gasteiger partial charge in [-0.15, -0.1) is 23.5 Å². The van der Waals surface area contributed by atoms with Crippen LogP contribution in [0.25, 0.3) is 0 Å². The highest BCUT2D eigenvalue weighted by Crippen LogP contribution is 2.49. The zero-order valence-electron chi connectivity index (χ0n) is 23.3. The van der Waals surface area contributed by atoms with E-state index in [9.17, 15) is 9.59 Å². The first-order chi connectivity index (χ1) is 18.0. The second-order valence-electron chi connectivity index (χ2n) is 10.8. The molecule has 8 heteroatoms. The van der Waals surface area contributed by atoms with Crippen molar-refractivity contribution in [1.82, 2.24) is 5.32 Å². The van der Waals surface area contributed by atoms with Crippen molar-refractivity contribution in [2.24, 2.45) is 5.41 Å². The number of ether oxygens (including phenoxy) is 1. The van der Waals surface area contributed by atoms with Crippen molar-refractivity contribution in [2.45, 2.75) is 75.6 Å². The lowest BCUT2D eigenvalue weighted by Gasteiger charge is -2.37. The molecule has 0 aliphatic carbocycles. The number of aliphatic carboxylic acids is 1. The highest BCUT2D eigenvalue weighted by Gasteiger charge is 2.35. The van der Waals surface area contributed by atoms with E-state index in [4.69, 9.17) is 9.84 Å². The summed E-state index contributed by atoms with van der Waals surface area (Å²) in [5.74, 6) is 0.507. The van der Waals surface area contributed by atoms with Crippen LogP contribution in [-0.4, -0.2) is 41.1 Å². The molecule has 2 N–H and O–H groups in total. The fourth-order valence-electron chi connectivity index (χ4n) is 4.50. The van der Waals surface area contributed by atoms with E-state index >= 15 is 0 Å². The van der Waals surface area contributed by atoms with Crippen LogP contribution in [0.3, 0.4) is 0 Å². The molecule has 0 spiro atoms. The Morgan fingerprint density at radius 3 is 2.50 bits per heavy atom. The van der Waals surface area contributed by atoms with E-state index in [0.717, 1.165) is 58.8 Å². The van der Waals surface area contributed by atoms with Crippen molar-refractivity contribution in [3.05, 3.63) is 54.3 Å². The molecule has 0 aromatic heterocycles. The number of hydrogen-bond acceptors (Lipinski definition) is 6. The minimum absolute atomic E-state index is 0.0809. The van der Waals surface area contributed by atoms with E-state index in [1.165, 1.54) is 12.7 Å². The van der Waals surface area contributed by atoms with Crippen LogP contribution >= 0.6 is 23.5 Å². The standard InChI is InChI=1S/C30H40N2O4S2/c1-7-9-15-30(8-2)19-32(22-12-10-21(11-13-22)28(35)31-29(3,4)5)23-17-26(37-6)24(18-25(23)38-20-30)36-16-14-27(33)34/h10-14,16-18H,7-9,15,19-20H2,1-6H3,(H,31,35)(H,33,34)/b16-14+. The quantitative estimate of drug-likeness (QED) is 0.176. The van der Waals surface area contributed by atoms with Gasteiger partial charge in [0.1, 0.15) is 5.75 Å². The van der Waals surface area contributed by atoms with Crippen LogP contribution in [0.1, 0.15) is 70.7 Å². The summed E-state index contributed by atoms with van der Waals surface area (Å²) >= 11 is 3.41. The molecular weight excluding hydrogens is 516 g/mol. The third-order valence-electron chi connectivity index (χ3n) is 6.71. The molecule has 0 saturated carbocycles. The van der Waals surface area contributed by atoms with Gasteiger partial charge in [0.25, 0.3) is 5.91 Å². The molecule has 0 bridgehead atoms. The van der Waals surface area contributed by atoms with Gasteiger partial charge in [-0.1, -0.05) is 26.7 Å². The molecule has 2 aromatic rings. The van der Waals surface area contributed by atoms with Gasteiger partial charge in [0.2, 0.25) is 0 Å². The number of carboxylic acid groups (broad SMARTS) is 1. The predicted octanol–water partition coefficient (Wildman–Crippen LogP) is 7.74. The molecule has 0 radical (unpaired) electrons. The molecule has 1 aliphatic heterocycles. The normalized spacial score (nSPS) is 17.7. The Kier molecular flexibility index (Phi) is 10.2. The summed E-state index contributed by atoms with van der Waals surface area (Å²) in [7, 11) is 0.